The Hall–Kier alpha value is -3.12. The van der Waals surface area contributed by atoms with Gasteiger partial charge < -0.3 is 15.0 Å². The van der Waals surface area contributed by atoms with Gasteiger partial charge in [0, 0.05) is 30.4 Å². The molecule has 2 aromatic carbocycles. The number of piperidine rings is 1. The molecule has 2 fully saturated rings. The van der Waals surface area contributed by atoms with Gasteiger partial charge in [0.25, 0.3) is 5.91 Å². The van der Waals surface area contributed by atoms with Crippen molar-refractivity contribution in [1.82, 2.24) is 15.1 Å². The molecular formula is C28H33N3O3. The fourth-order valence-corrected chi connectivity index (χ4v) is 5.59. The third-order valence-corrected chi connectivity index (χ3v) is 7.40. The second kappa shape index (κ2) is 9.63. The normalized spacial score (nSPS) is 24.8. The van der Waals surface area contributed by atoms with Crippen molar-refractivity contribution in [3.63, 3.8) is 0 Å². The Labute approximate surface area is 201 Å². The molecule has 1 saturated carbocycles. The number of ether oxygens (including phenoxy) is 1. The van der Waals surface area contributed by atoms with E-state index in [2.05, 4.69) is 48.1 Å². The van der Waals surface area contributed by atoms with Gasteiger partial charge in [0.1, 0.15) is 17.9 Å². The molecule has 1 saturated heterocycles. The summed E-state index contributed by atoms with van der Waals surface area (Å²) in [6.45, 7) is 5.18. The van der Waals surface area contributed by atoms with Crippen LogP contribution in [0, 0.1) is 0 Å². The van der Waals surface area contributed by atoms with Crippen molar-refractivity contribution >= 4 is 11.8 Å². The minimum absolute atomic E-state index is 0.0765. The Morgan fingerprint density at radius 2 is 1.88 bits per heavy atom. The third kappa shape index (κ3) is 4.60. The number of carbonyl (C=O) groups excluding carboxylic acids is 2. The fourth-order valence-electron chi connectivity index (χ4n) is 5.59. The first-order valence-corrected chi connectivity index (χ1v) is 12.3. The fraction of sp³-hybridized carbons (Fsp3) is 0.429. The maximum atomic E-state index is 13.0. The molecule has 5 rings (SSSR count). The predicted octanol–water partition coefficient (Wildman–Crippen LogP) is 4.26. The summed E-state index contributed by atoms with van der Waals surface area (Å²) in [6, 6.07) is 16.2. The second-order valence-electron chi connectivity index (χ2n) is 9.81. The van der Waals surface area contributed by atoms with E-state index in [-0.39, 0.29) is 17.9 Å². The number of benzene rings is 2. The number of nitrogens with zero attached hydrogens (tertiary/aromatic N) is 2. The highest BCUT2D eigenvalue weighted by molar-refractivity contribution is 6.01. The van der Waals surface area contributed by atoms with Gasteiger partial charge in [-0.1, -0.05) is 43.3 Å². The van der Waals surface area contributed by atoms with Crippen LogP contribution in [0.25, 0.3) is 0 Å². The molecule has 1 aliphatic carbocycles. The maximum Gasteiger partial charge on any atom is 0.255 e. The van der Waals surface area contributed by atoms with Crippen LogP contribution in [-0.2, 0) is 17.9 Å². The molecule has 2 heterocycles. The molecule has 1 unspecified atom stereocenters. The predicted molar refractivity (Wildman–Crippen MR) is 131 cm³/mol. The van der Waals surface area contributed by atoms with Gasteiger partial charge in [0.2, 0.25) is 5.91 Å². The van der Waals surface area contributed by atoms with Gasteiger partial charge in [-0.25, -0.2) is 0 Å². The van der Waals surface area contributed by atoms with E-state index < -0.39 is 6.04 Å². The van der Waals surface area contributed by atoms with E-state index in [1.807, 2.05) is 24.3 Å². The van der Waals surface area contributed by atoms with Crippen molar-refractivity contribution in [3.8, 4) is 5.75 Å². The molecule has 2 aromatic rings. The van der Waals surface area contributed by atoms with Crippen LogP contribution in [0.3, 0.4) is 0 Å². The van der Waals surface area contributed by atoms with Crippen LogP contribution in [0.1, 0.15) is 60.0 Å². The highest BCUT2D eigenvalue weighted by Gasteiger charge is 2.38. The summed E-state index contributed by atoms with van der Waals surface area (Å²) in [4.78, 5) is 29.6. The van der Waals surface area contributed by atoms with E-state index in [9.17, 15) is 9.59 Å². The number of likely N-dealkylation sites (N-methyl/N-ethyl adjacent to an activating group) is 1. The van der Waals surface area contributed by atoms with Crippen LogP contribution >= 0.6 is 0 Å². The molecule has 0 spiro atoms. The summed E-state index contributed by atoms with van der Waals surface area (Å²) in [5.74, 6) is 0.590. The van der Waals surface area contributed by atoms with Gasteiger partial charge >= 0.3 is 0 Å². The summed E-state index contributed by atoms with van der Waals surface area (Å²) >= 11 is 0. The van der Waals surface area contributed by atoms with Crippen LogP contribution in [0.2, 0.25) is 0 Å². The van der Waals surface area contributed by atoms with Crippen LogP contribution in [-0.4, -0.2) is 46.8 Å². The van der Waals surface area contributed by atoms with Crippen molar-refractivity contribution in [2.45, 2.75) is 69.8 Å². The Bertz CT molecular complexity index is 1080. The minimum atomic E-state index is -0.441. The number of fused-ring (bicyclic) bond motifs is 1. The average molecular weight is 460 g/mol. The molecule has 3 aliphatic rings. The molecular weight excluding hydrogens is 426 g/mol. The van der Waals surface area contributed by atoms with Gasteiger partial charge in [-0.2, -0.15) is 0 Å². The molecule has 3 atom stereocenters. The van der Waals surface area contributed by atoms with E-state index in [0.29, 0.717) is 31.0 Å². The smallest absolute Gasteiger partial charge is 0.255 e. The molecule has 2 aliphatic heterocycles. The van der Waals surface area contributed by atoms with Gasteiger partial charge in [-0.15, -0.1) is 0 Å². The number of amides is 2. The van der Waals surface area contributed by atoms with Crippen molar-refractivity contribution < 1.29 is 14.3 Å². The second-order valence-corrected chi connectivity index (χ2v) is 9.81. The summed E-state index contributed by atoms with van der Waals surface area (Å²) in [5, 5.41) is 2.80. The molecule has 178 valence electrons. The summed E-state index contributed by atoms with van der Waals surface area (Å²) < 4.78 is 6.54. The summed E-state index contributed by atoms with van der Waals surface area (Å²) in [6.07, 6.45) is 5.96. The molecule has 2 amide bonds. The first-order valence-electron chi connectivity index (χ1n) is 12.3. The number of allylic oxidation sites excluding steroid dienone is 1. The zero-order valence-corrected chi connectivity index (χ0v) is 19.8. The summed E-state index contributed by atoms with van der Waals surface area (Å²) in [5.41, 5.74) is 3.64. The number of hydrogen-bond donors (Lipinski definition) is 1. The van der Waals surface area contributed by atoms with Crippen molar-refractivity contribution in [2.24, 2.45) is 0 Å². The van der Waals surface area contributed by atoms with Crippen LogP contribution in [0.5, 0.6) is 5.75 Å². The maximum absolute atomic E-state index is 13.0. The van der Waals surface area contributed by atoms with Crippen LogP contribution in [0.4, 0.5) is 0 Å². The Balaban J connectivity index is 1.28. The van der Waals surface area contributed by atoms with Crippen LogP contribution < -0.4 is 10.1 Å². The van der Waals surface area contributed by atoms with E-state index >= 15 is 0 Å². The zero-order chi connectivity index (χ0) is 23.7. The van der Waals surface area contributed by atoms with Crippen molar-refractivity contribution in [3.05, 3.63) is 77.5 Å². The quantitative estimate of drug-likeness (QED) is 0.701. The Morgan fingerprint density at radius 1 is 1.09 bits per heavy atom. The highest BCUT2D eigenvalue weighted by atomic mass is 16.5. The Kier molecular flexibility index (Phi) is 6.42. The topological polar surface area (TPSA) is 61.9 Å². The van der Waals surface area contributed by atoms with Crippen LogP contribution in [0.15, 0.2) is 60.8 Å². The van der Waals surface area contributed by atoms with E-state index in [0.717, 1.165) is 36.4 Å². The van der Waals surface area contributed by atoms with Gasteiger partial charge in [0.05, 0.1) is 0 Å². The van der Waals surface area contributed by atoms with E-state index in [1.165, 1.54) is 18.4 Å². The molecule has 0 aromatic heterocycles. The van der Waals surface area contributed by atoms with Gasteiger partial charge in [0.15, 0.2) is 0 Å². The largest absolute Gasteiger partial charge is 0.489 e. The lowest BCUT2D eigenvalue weighted by Gasteiger charge is -2.38. The number of rotatable bonds is 6. The lowest BCUT2D eigenvalue weighted by Crippen LogP contribution is -2.49. The first kappa shape index (κ1) is 22.7. The minimum Gasteiger partial charge on any atom is -0.489 e. The molecule has 6 heteroatoms. The van der Waals surface area contributed by atoms with Gasteiger partial charge in [-0.05, 0) is 68.5 Å². The first-order chi connectivity index (χ1) is 16.5. The lowest BCUT2D eigenvalue weighted by atomic mass is 9.91. The van der Waals surface area contributed by atoms with E-state index in [4.69, 9.17) is 4.74 Å². The average Bonchev–Trinajstić information content (AvgIpc) is 3.15. The number of carbonyl (C=O) groups is 2. The zero-order valence-electron chi connectivity index (χ0n) is 19.8. The highest BCUT2D eigenvalue weighted by Crippen LogP contribution is 2.33. The standard InChI is InChI=1S/C28H33N3O3/c1-19-12-15-25(27(32)29-19)31-18-21-16-22(13-14-23(21)28(31)33)34-26-11-7-6-10-24(26)30(2)17-20-8-4-3-5-9-20/h3-5,8-9,13-14,16,24-26H,1,6-7,10-12,15,17-18H2,2H3,(H,29,32)/t24-,25?,26-/m0/s1. The molecule has 1 N–H and O–H groups in total. The molecule has 0 bridgehead atoms. The number of hydrogen-bond acceptors (Lipinski definition) is 4. The van der Waals surface area contributed by atoms with Crippen molar-refractivity contribution in [1.29, 1.82) is 0 Å². The van der Waals surface area contributed by atoms with Gasteiger partial charge in [-0.3, -0.25) is 14.5 Å². The van der Waals surface area contributed by atoms with Crippen molar-refractivity contribution in [2.75, 3.05) is 7.05 Å². The molecule has 6 nitrogen and oxygen atoms in total. The number of nitrogens with one attached hydrogen (secondary N) is 1. The third-order valence-electron chi connectivity index (χ3n) is 7.40. The molecule has 34 heavy (non-hydrogen) atoms. The van der Waals surface area contributed by atoms with E-state index in [1.54, 1.807) is 4.90 Å². The monoisotopic (exact) mass is 459 g/mol. The molecule has 0 radical (unpaired) electrons. The Morgan fingerprint density at radius 3 is 2.68 bits per heavy atom. The lowest BCUT2D eigenvalue weighted by molar-refractivity contribution is -0.126. The summed E-state index contributed by atoms with van der Waals surface area (Å²) in [7, 11) is 2.18. The SMILES string of the molecule is C=C1CCC(N2Cc3cc(O[C@H]4CCCC[C@@H]4N(C)Cc4ccccc4)ccc3C2=O)C(=O)N1.